The summed E-state index contributed by atoms with van der Waals surface area (Å²) < 4.78 is 14.0. The fourth-order valence-corrected chi connectivity index (χ4v) is 3.00. The molecule has 2 nitrogen and oxygen atoms in total. The number of hydrogen-bond donors (Lipinski definition) is 2. The predicted octanol–water partition coefficient (Wildman–Crippen LogP) is 4.02. The van der Waals surface area contributed by atoms with E-state index in [-0.39, 0.29) is 11.7 Å². The molecule has 3 rings (SSSR count). The Morgan fingerprint density at radius 3 is 2.39 bits per heavy atom. The van der Waals surface area contributed by atoms with Gasteiger partial charge in [0, 0.05) is 18.0 Å². The lowest BCUT2D eigenvalue weighted by atomic mass is 9.87. The number of hydrogen-bond acceptors (Lipinski definition) is 2. The summed E-state index contributed by atoms with van der Waals surface area (Å²) in [7, 11) is 1.84. The number of nitrogens with one attached hydrogen (secondary N) is 1. The van der Waals surface area contributed by atoms with Gasteiger partial charge in [-0.25, -0.2) is 4.39 Å². The second-order valence-electron chi connectivity index (χ2n) is 5.74. The van der Waals surface area contributed by atoms with Gasteiger partial charge in [0.15, 0.2) is 0 Å². The molecule has 0 heterocycles. The van der Waals surface area contributed by atoms with Crippen LogP contribution in [0.5, 0.6) is 0 Å². The highest BCUT2D eigenvalue weighted by Crippen LogP contribution is 2.33. The maximum Gasteiger partial charge on any atom is 0.129 e. The first kappa shape index (κ1) is 15.7. The Morgan fingerprint density at radius 2 is 1.65 bits per heavy atom. The zero-order valence-corrected chi connectivity index (χ0v) is 13.0. The average Bonchev–Trinajstić information content (AvgIpc) is 2.59. The maximum atomic E-state index is 14.0. The third-order valence-electron chi connectivity index (χ3n) is 4.23. The van der Waals surface area contributed by atoms with Crippen LogP contribution < -0.4 is 5.32 Å². The normalized spacial score (nSPS) is 13.9. The highest BCUT2D eigenvalue weighted by Gasteiger charge is 2.24. The molecule has 2 N–H and O–H groups in total. The first-order valence-electron chi connectivity index (χ1n) is 7.76. The van der Waals surface area contributed by atoms with Gasteiger partial charge in [-0.2, -0.15) is 0 Å². The molecule has 2 unspecified atom stereocenters. The van der Waals surface area contributed by atoms with Crippen LogP contribution in [0.15, 0.2) is 66.7 Å². The predicted molar refractivity (Wildman–Crippen MR) is 92.0 cm³/mol. The van der Waals surface area contributed by atoms with Crippen molar-refractivity contribution in [3.63, 3.8) is 0 Å². The summed E-state index contributed by atoms with van der Waals surface area (Å²) in [5.41, 5.74) is 1.33. The zero-order chi connectivity index (χ0) is 16.2. The first-order valence-corrected chi connectivity index (χ1v) is 7.76. The SMILES string of the molecule is CNCC(c1ccc2ccccc2c1)C(O)c1ccccc1F. The lowest BCUT2D eigenvalue weighted by Gasteiger charge is -2.24. The van der Waals surface area contributed by atoms with Crippen LogP contribution in [0.2, 0.25) is 0 Å². The number of halogens is 1. The Bertz CT molecular complexity index is 802. The van der Waals surface area contributed by atoms with Gasteiger partial charge in [0.2, 0.25) is 0 Å². The van der Waals surface area contributed by atoms with E-state index in [9.17, 15) is 9.50 Å². The van der Waals surface area contributed by atoms with Crippen molar-refractivity contribution in [2.45, 2.75) is 12.0 Å². The molecule has 0 aliphatic carbocycles. The van der Waals surface area contributed by atoms with E-state index < -0.39 is 6.10 Å². The minimum absolute atomic E-state index is 0.221. The standard InChI is InChI=1S/C20H20FNO/c1-22-13-18(20(23)17-8-4-5-9-19(17)21)16-11-10-14-6-2-3-7-15(14)12-16/h2-12,18,20,22-23H,13H2,1H3. The minimum atomic E-state index is -0.898. The summed E-state index contributed by atoms with van der Waals surface area (Å²) in [5, 5.41) is 16.1. The van der Waals surface area contributed by atoms with Crippen molar-refractivity contribution in [2.24, 2.45) is 0 Å². The van der Waals surface area contributed by atoms with Gasteiger partial charge in [0.25, 0.3) is 0 Å². The minimum Gasteiger partial charge on any atom is -0.388 e. The molecule has 3 heteroatoms. The molecule has 0 spiro atoms. The molecule has 0 aliphatic rings. The van der Waals surface area contributed by atoms with Crippen LogP contribution in [-0.2, 0) is 0 Å². The third kappa shape index (κ3) is 3.26. The summed E-state index contributed by atoms with van der Waals surface area (Å²) >= 11 is 0. The average molecular weight is 309 g/mol. The summed E-state index contributed by atoms with van der Waals surface area (Å²) in [4.78, 5) is 0. The van der Waals surface area contributed by atoms with Crippen molar-refractivity contribution in [1.29, 1.82) is 0 Å². The molecule has 2 atom stereocenters. The summed E-state index contributed by atoms with van der Waals surface area (Å²) in [5.74, 6) is -0.594. The molecule has 0 saturated heterocycles. The smallest absolute Gasteiger partial charge is 0.129 e. The Hall–Kier alpha value is -2.23. The van der Waals surface area contributed by atoms with Gasteiger partial charge in [-0.3, -0.25) is 0 Å². The first-order chi connectivity index (χ1) is 11.2. The highest BCUT2D eigenvalue weighted by molar-refractivity contribution is 5.83. The van der Waals surface area contributed by atoms with Crippen molar-refractivity contribution in [1.82, 2.24) is 5.32 Å². The maximum absolute atomic E-state index is 14.0. The molecule has 118 valence electrons. The van der Waals surface area contributed by atoms with Crippen LogP contribution in [-0.4, -0.2) is 18.7 Å². The second kappa shape index (κ2) is 6.90. The molecule has 0 aromatic heterocycles. The van der Waals surface area contributed by atoms with Gasteiger partial charge >= 0.3 is 0 Å². The van der Waals surface area contributed by atoms with Crippen LogP contribution in [0.1, 0.15) is 23.1 Å². The topological polar surface area (TPSA) is 32.3 Å². The number of likely N-dealkylation sites (N-methyl/N-ethyl adjacent to an activating group) is 1. The fraction of sp³-hybridized carbons (Fsp3) is 0.200. The number of benzene rings is 3. The Morgan fingerprint density at radius 1 is 0.957 bits per heavy atom. The molecule has 0 bridgehead atoms. The van der Waals surface area contributed by atoms with Crippen molar-refractivity contribution >= 4 is 10.8 Å². The van der Waals surface area contributed by atoms with Crippen LogP contribution in [0.3, 0.4) is 0 Å². The van der Waals surface area contributed by atoms with Gasteiger partial charge in [-0.1, -0.05) is 60.7 Å². The molecule has 0 saturated carbocycles. The van der Waals surface area contributed by atoms with Gasteiger partial charge in [0.1, 0.15) is 5.82 Å². The number of rotatable bonds is 5. The van der Waals surface area contributed by atoms with Crippen LogP contribution in [0.25, 0.3) is 10.8 Å². The third-order valence-corrected chi connectivity index (χ3v) is 4.23. The Balaban J connectivity index is 2.01. The molecule has 3 aromatic rings. The van der Waals surface area contributed by atoms with E-state index in [1.54, 1.807) is 18.2 Å². The summed E-state index contributed by atoms with van der Waals surface area (Å²) in [6.07, 6.45) is -0.898. The molecular weight excluding hydrogens is 289 g/mol. The van der Waals surface area contributed by atoms with E-state index in [0.29, 0.717) is 12.1 Å². The van der Waals surface area contributed by atoms with Gasteiger partial charge in [-0.05, 0) is 29.4 Å². The Kier molecular flexibility index (Phi) is 4.70. The molecule has 0 aliphatic heterocycles. The lowest BCUT2D eigenvalue weighted by Crippen LogP contribution is -2.23. The van der Waals surface area contributed by atoms with Gasteiger partial charge < -0.3 is 10.4 Å². The van der Waals surface area contributed by atoms with E-state index in [1.165, 1.54) is 6.07 Å². The van der Waals surface area contributed by atoms with Crippen LogP contribution >= 0.6 is 0 Å². The van der Waals surface area contributed by atoms with Crippen molar-refractivity contribution < 1.29 is 9.50 Å². The summed E-state index contributed by atoms with van der Waals surface area (Å²) in [6.45, 7) is 0.563. The molecule has 3 aromatic carbocycles. The van der Waals surface area contributed by atoms with E-state index in [0.717, 1.165) is 16.3 Å². The second-order valence-corrected chi connectivity index (χ2v) is 5.74. The Labute approximate surface area is 135 Å². The van der Waals surface area contributed by atoms with Gasteiger partial charge in [0.05, 0.1) is 6.10 Å². The number of aliphatic hydroxyl groups excluding tert-OH is 1. The fourth-order valence-electron chi connectivity index (χ4n) is 3.00. The molecule has 0 fully saturated rings. The monoisotopic (exact) mass is 309 g/mol. The van der Waals surface area contributed by atoms with Crippen molar-refractivity contribution in [3.8, 4) is 0 Å². The molecule has 0 radical (unpaired) electrons. The van der Waals surface area contributed by atoms with Crippen molar-refractivity contribution in [3.05, 3.63) is 83.7 Å². The van der Waals surface area contributed by atoms with E-state index in [4.69, 9.17) is 0 Å². The molecule has 0 amide bonds. The summed E-state index contributed by atoms with van der Waals surface area (Å²) in [6, 6.07) is 20.6. The van der Waals surface area contributed by atoms with Crippen LogP contribution in [0.4, 0.5) is 4.39 Å². The van der Waals surface area contributed by atoms with Gasteiger partial charge in [-0.15, -0.1) is 0 Å². The quantitative estimate of drug-likeness (QED) is 0.746. The van der Waals surface area contributed by atoms with E-state index >= 15 is 0 Å². The zero-order valence-electron chi connectivity index (χ0n) is 13.0. The highest BCUT2D eigenvalue weighted by atomic mass is 19.1. The number of fused-ring (bicyclic) bond motifs is 1. The van der Waals surface area contributed by atoms with Crippen molar-refractivity contribution in [2.75, 3.05) is 13.6 Å². The van der Waals surface area contributed by atoms with E-state index in [1.807, 2.05) is 37.4 Å². The van der Waals surface area contributed by atoms with Crippen LogP contribution in [0, 0.1) is 5.82 Å². The number of aliphatic hydroxyl groups is 1. The lowest BCUT2D eigenvalue weighted by molar-refractivity contribution is 0.140. The molecule has 23 heavy (non-hydrogen) atoms. The molecular formula is C20H20FNO. The van der Waals surface area contributed by atoms with E-state index in [2.05, 4.69) is 17.4 Å². The largest absolute Gasteiger partial charge is 0.388 e.